The summed E-state index contributed by atoms with van der Waals surface area (Å²) >= 11 is 1.37. The zero-order valence-electron chi connectivity index (χ0n) is 14.5. The molecule has 4 rings (SSSR count). The lowest BCUT2D eigenvalue weighted by Gasteiger charge is -2.25. The molecule has 0 N–H and O–H groups in total. The SMILES string of the molecule is CCS(=O)(=O)N1C[C@@H]2CN(C(=O)c3cscn3)C[C@]2(c2nc(C)no2)C1. The molecule has 4 heterocycles. The van der Waals surface area contributed by atoms with Gasteiger partial charge in [0.05, 0.1) is 16.7 Å². The average Bonchev–Trinajstić information content (AvgIpc) is 3.36. The van der Waals surface area contributed by atoms with Crippen LogP contribution in [0.5, 0.6) is 0 Å². The Labute approximate surface area is 155 Å². The number of thiazole rings is 1. The summed E-state index contributed by atoms with van der Waals surface area (Å²) in [4.78, 5) is 22.9. The maximum atomic E-state index is 12.7. The minimum atomic E-state index is -3.33. The fraction of sp³-hybridized carbons (Fsp3) is 0.600. The Balaban J connectivity index is 1.68. The molecule has 2 aromatic rings. The summed E-state index contributed by atoms with van der Waals surface area (Å²) in [7, 11) is -3.33. The van der Waals surface area contributed by atoms with Gasteiger partial charge in [0.1, 0.15) is 5.69 Å². The van der Waals surface area contributed by atoms with Gasteiger partial charge in [0.2, 0.25) is 15.9 Å². The van der Waals surface area contributed by atoms with Gasteiger partial charge in [-0.15, -0.1) is 11.3 Å². The molecular formula is C15H19N5O4S2. The van der Waals surface area contributed by atoms with E-state index in [1.165, 1.54) is 15.6 Å². The number of fused-ring (bicyclic) bond motifs is 1. The zero-order chi connectivity index (χ0) is 18.5. The first-order valence-corrected chi connectivity index (χ1v) is 10.9. The molecule has 9 nitrogen and oxygen atoms in total. The van der Waals surface area contributed by atoms with Crippen molar-refractivity contribution in [1.29, 1.82) is 0 Å². The van der Waals surface area contributed by atoms with E-state index in [-0.39, 0.29) is 24.1 Å². The predicted molar refractivity (Wildman–Crippen MR) is 93.3 cm³/mol. The molecule has 0 aromatic carbocycles. The molecule has 2 fully saturated rings. The summed E-state index contributed by atoms with van der Waals surface area (Å²) in [5, 5.41) is 5.59. The van der Waals surface area contributed by atoms with Crippen molar-refractivity contribution >= 4 is 27.3 Å². The molecule has 0 bridgehead atoms. The molecule has 26 heavy (non-hydrogen) atoms. The summed E-state index contributed by atoms with van der Waals surface area (Å²) in [6.07, 6.45) is 0. The third-order valence-electron chi connectivity index (χ3n) is 5.23. The van der Waals surface area contributed by atoms with Crippen molar-refractivity contribution in [2.75, 3.05) is 31.9 Å². The van der Waals surface area contributed by atoms with Gasteiger partial charge in [0, 0.05) is 37.5 Å². The van der Waals surface area contributed by atoms with Gasteiger partial charge in [-0.1, -0.05) is 5.16 Å². The van der Waals surface area contributed by atoms with Gasteiger partial charge in [0.25, 0.3) is 5.91 Å². The number of sulfonamides is 1. The van der Waals surface area contributed by atoms with E-state index in [1.54, 1.807) is 29.6 Å². The van der Waals surface area contributed by atoms with Gasteiger partial charge in [-0.05, 0) is 13.8 Å². The Bertz CT molecular complexity index is 926. The largest absolute Gasteiger partial charge is 0.339 e. The Hall–Kier alpha value is -1.85. The first kappa shape index (κ1) is 17.6. The maximum absolute atomic E-state index is 12.7. The second kappa shape index (κ2) is 6.10. The van der Waals surface area contributed by atoms with Gasteiger partial charge >= 0.3 is 0 Å². The maximum Gasteiger partial charge on any atom is 0.273 e. The lowest BCUT2D eigenvalue weighted by molar-refractivity contribution is 0.0768. The molecule has 140 valence electrons. The minimum absolute atomic E-state index is 0.0418. The van der Waals surface area contributed by atoms with E-state index in [1.807, 2.05) is 0 Å². The van der Waals surface area contributed by atoms with Crippen molar-refractivity contribution in [2.45, 2.75) is 19.3 Å². The highest BCUT2D eigenvalue weighted by Gasteiger charge is 2.59. The van der Waals surface area contributed by atoms with E-state index in [0.717, 1.165) is 0 Å². The first-order valence-electron chi connectivity index (χ1n) is 8.32. The summed E-state index contributed by atoms with van der Waals surface area (Å²) in [6, 6.07) is 0. The molecule has 0 spiro atoms. The quantitative estimate of drug-likeness (QED) is 0.739. The normalized spacial score (nSPS) is 26.4. The third-order valence-corrected chi connectivity index (χ3v) is 7.61. The molecule has 2 atom stereocenters. The molecular weight excluding hydrogens is 378 g/mol. The van der Waals surface area contributed by atoms with Gasteiger partial charge in [-0.2, -0.15) is 4.98 Å². The highest BCUT2D eigenvalue weighted by molar-refractivity contribution is 7.89. The summed E-state index contributed by atoms with van der Waals surface area (Å²) < 4.78 is 31.7. The molecule has 0 saturated carbocycles. The standard InChI is InChI=1S/C15H19N5O4S2/c1-3-26(22,23)20-5-11-4-19(13(21)12-6-25-9-16-12)7-15(11,8-20)14-17-10(2)18-24-14/h6,9,11H,3-5,7-8H2,1-2H3/t11-,15-/m0/s1. The Morgan fingerprint density at radius 1 is 1.42 bits per heavy atom. The van der Waals surface area contributed by atoms with E-state index < -0.39 is 15.4 Å². The van der Waals surface area contributed by atoms with Gasteiger partial charge < -0.3 is 9.42 Å². The Morgan fingerprint density at radius 3 is 2.85 bits per heavy atom. The number of hydrogen-bond donors (Lipinski definition) is 0. The van der Waals surface area contributed by atoms with Crippen molar-refractivity contribution < 1.29 is 17.7 Å². The monoisotopic (exact) mass is 397 g/mol. The van der Waals surface area contributed by atoms with Crippen LogP contribution in [0.4, 0.5) is 0 Å². The van der Waals surface area contributed by atoms with E-state index in [4.69, 9.17) is 4.52 Å². The minimum Gasteiger partial charge on any atom is -0.339 e. The molecule has 0 aliphatic carbocycles. The molecule has 0 unspecified atom stereocenters. The molecule has 11 heteroatoms. The summed E-state index contributed by atoms with van der Waals surface area (Å²) in [5.41, 5.74) is 1.36. The van der Waals surface area contributed by atoms with Crippen LogP contribution in [-0.4, -0.2) is 70.6 Å². The highest BCUT2D eigenvalue weighted by Crippen LogP contribution is 2.45. The van der Waals surface area contributed by atoms with Crippen molar-refractivity contribution in [2.24, 2.45) is 5.92 Å². The van der Waals surface area contributed by atoms with E-state index in [2.05, 4.69) is 15.1 Å². The number of aryl methyl sites for hydroxylation is 1. The van der Waals surface area contributed by atoms with Crippen LogP contribution in [-0.2, 0) is 15.4 Å². The van der Waals surface area contributed by atoms with E-state index >= 15 is 0 Å². The van der Waals surface area contributed by atoms with Crippen LogP contribution in [0.15, 0.2) is 15.4 Å². The van der Waals surface area contributed by atoms with Crippen molar-refractivity contribution in [3.63, 3.8) is 0 Å². The number of carbonyl (C=O) groups excluding carboxylic acids is 1. The second-order valence-electron chi connectivity index (χ2n) is 6.75. The fourth-order valence-electron chi connectivity index (χ4n) is 3.85. The van der Waals surface area contributed by atoms with Crippen LogP contribution in [0.3, 0.4) is 0 Å². The zero-order valence-corrected chi connectivity index (χ0v) is 16.1. The van der Waals surface area contributed by atoms with Gasteiger partial charge in [-0.3, -0.25) is 4.79 Å². The van der Waals surface area contributed by atoms with Gasteiger partial charge in [-0.25, -0.2) is 17.7 Å². The third kappa shape index (κ3) is 2.65. The molecule has 2 saturated heterocycles. The smallest absolute Gasteiger partial charge is 0.273 e. The molecule has 2 aliphatic rings. The number of amides is 1. The summed E-state index contributed by atoms with van der Waals surface area (Å²) in [5.74, 6) is 0.698. The van der Waals surface area contributed by atoms with Gasteiger partial charge in [0.15, 0.2) is 5.82 Å². The number of carbonyl (C=O) groups is 1. The number of aromatic nitrogens is 3. The topological polar surface area (TPSA) is 110 Å². The summed E-state index contributed by atoms with van der Waals surface area (Å²) in [6.45, 7) is 4.72. The second-order valence-corrected chi connectivity index (χ2v) is 9.73. The number of nitrogens with zero attached hydrogens (tertiary/aromatic N) is 5. The van der Waals surface area contributed by atoms with Crippen LogP contribution in [0.25, 0.3) is 0 Å². The van der Waals surface area contributed by atoms with E-state index in [0.29, 0.717) is 37.0 Å². The number of likely N-dealkylation sites (tertiary alicyclic amines) is 1. The fourth-order valence-corrected chi connectivity index (χ4v) is 5.58. The van der Waals surface area contributed by atoms with Crippen molar-refractivity contribution in [3.8, 4) is 0 Å². The lowest BCUT2D eigenvalue weighted by Crippen LogP contribution is -2.41. The Morgan fingerprint density at radius 2 is 2.23 bits per heavy atom. The molecule has 0 radical (unpaired) electrons. The first-order chi connectivity index (χ1) is 12.4. The van der Waals surface area contributed by atoms with Crippen molar-refractivity contribution in [3.05, 3.63) is 28.3 Å². The van der Waals surface area contributed by atoms with Crippen LogP contribution in [0.2, 0.25) is 0 Å². The van der Waals surface area contributed by atoms with Crippen molar-refractivity contribution in [1.82, 2.24) is 24.3 Å². The van der Waals surface area contributed by atoms with Crippen LogP contribution in [0, 0.1) is 12.8 Å². The molecule has 2 aliphatic heterocycles. The van der Waals surface area contributed by atoms with Crippen LogP contribution in [0.1, 0.15) is 29.1 Å². The van der Waals surface area contributed by atoms with Crippen LogP contribution < -0.4 is 0 Å². The number of hydrogen-bond acceptors (Lipinski definition) is 8. The van der Waals surface area contributed by atoms with E-state index in [9.17, 15) is 13.2 Å². The molecule has 1 amide bonds. The lowest BCUT2D eigenvalue weighted by atomic mass is 9.81. The molecule has 2 aromatic heterocycles. The number of rotatable bonds is 4. The van der Waals surface area contributed by atoms with Crippen LogP contribution >= 0.6 is 11.3 Å². The predicted octanol–water partition coefficient (Wildman–Crippen LogP) is 0.510. The Kier molecular flexibility index (Phi) is 4.12. The average molecular weight is 397 g/mol. The highest BCUT2D eigenvalue weighted by atomic mass is 32.2.